The molecule has 3 saturated carbocycles. The average Bonchev–Trinajstić information content (AvgIpc) is 3.42. The first-order valence-electron chi connectivity index (χ1n) is 15.2. The number of nitrogens with one attached hydrogen (secondary N) is 1. The molecule has 0 amide bonds. The van der Waals surface area contributed by atoms with E-state index in [1.54, 1.807) is 0 Å². The van der Waals surface area contributed by atoms with Crippen LogP contribution in [0.4, 0.5) is 5.82 Å². The second kappa shape index (κ2) is 9.21. The molecule has 1 N–H and O–H groups in total. The van der Waals surface area contributed by atoms with Crippen LogP contribution in [-0.2, 0) is 6.42 Å². The molecule has 4 aliphatic rings. The summed E-state index contributed by atoms with van der Waals surface area (Å²) in [4.78, 5) is 0. The van der Waals surface area contributed by atoms with Crippen molar-refractivity contribution in [2.45, 2.75) is 105 Å². The van der Waals surface area contributed by atoms with Crippen molar-refractivity contribution >= 4 is 5.82 Å². The molecule has 1 aliphatic heterocycles. The minimum absolute atomic E-state index is 0.350. The normalized spacial score (nSPS) is 38.0. The standard InChI is InChI=1S/C33H49N3/c1-22(2)10-9-11-23(3)27-15-16-28-26-14-17-30-33(5,29(26)18-19-32(27,28)4)20-24-21-34-36(31(24)35-30)25-12-7-6-8-13-25/h6-8,12-13,21-23,26-30,35H,9-11,14-20H2,1-5H3. The Morgan fingerprint density at radius 1 is 0.944 bits per heavy atom. The lowest BCUT2D eigenvalue weighted by Crippen LogP contribution is -2.58. The molecule has 0 radical (unpaired) electrons. The van der Waals surface area contributed by atoms with E-state index in [0.717, 1.165) is 41.2 Å². The van der Waals surface area contributed by atoms with Crippen LogP contribution in [0.5, 0.6) is 0 Å². The van der Waals surface area contributed by atoms with Crippen LogP contribution in [0.3, 0.4) is 0 Å². The van der Waals surface area contributed by atoms with Crippen molar-refractivity contribution in [3.8, 4) is 5.69 Å². The van der Waals surface area contributed by atoms with Gasteiger partial charge in [-0.05, 0) is 103 Å². The van der Waals surface area contributed by atoms with Gasteiger partial charge in [0, 0.05) is 11.6 Å². The third-order valence-electron chi connectivity index (χ3n) is 11.8. The molecule has 3 aliphatic carbocycles. The lowest BCUT2D eigenvalue weighted by molar-refractivity contribution is -0.0809. The lowest BCUT2D eigenvalue weighted by Gasteiger charge is -2.60. The highest BCUT2D eigenvalue weighted by atomic mass is 15.3. The van der Waals surface area contributed by atoms with Gasteiger partial charge in [-0.1, -0.05) is 72.1 Å². The maximum absolute atomic E-state index is 4.84. The Morgan fingerprint density at radius 3 is 2.50 bits per heavy atom. The first-order valence-corrected chi connectivity index (χ1v) is 15.2. The van der Waals surface area contributed by atoms with Crippen LogP contribution in [0.2, 0.25) is 0 Å². The highest BCUT2D eigenvalue weighted by Crippen LogP contribution is 2.67. The van der Waals surface area contributed by atoms with Crippen LogP contribution in [0.15, 0.2) is 36.5 Å². The van der Waals surface area contributed by atoms with Gasteiger partial charge in [0.15, 0.2) is 0 Å². The second-order valence-electron chi connectivity index (χ2n) is 14.1. The number of nitrogens with zero attached hydrogens (tertiary/aromatic N) is 2. The van der Waals surface area contributed by atoms with E-state index in [9.17, 15) is 0 Å². The Bertz CT molecular complexity index is 1060. The summed E-state index contributed by atoms with van der Waals surface area (Å²) in [6.07, 6.45) is 16.2. The Hall–Kier alpha value is -1.77. The van der Waals surface area contributed by atoms with Crippen molar-refractivity contribution < 1.29 is 0 Å². The maximum atomic E-state index is 4.84. The molecule has 0 saturated heterocycles. The Balaban J connectivity index is 1.21. The summed E-state index contributed by atoms with van der Waals surface area (Å²) < 4.78 is 2.14. The molecule has 1 aromatic heterocycles. The summed E-state index contributed by atoms with van der Waals surface area (Å²) in [7, 11) is 0. The van der Waals surface area contributed by atoms with Gasteiger partial charge >= 0.3 is 0 Å². The predicted octanol–water partition coefficient (Wildman–Crippen LogP) is 8.53. The van der Waals surface area contributed by atoms with Gasteiger partial charge in [-0.25, -0.2) is 4.68 Å². The van der Waals surface area contributed by atoms with E-state index in [2.05, 4.69) is 81.1 Å². The zero-order chi connectivity index (χ0) is 25.1. The van der Waals surface area contributed by atoms with E-state index in [0.29, 0.717) is 16.9 Å². The number of rotatable bonds is 6. The number of fused-ring (bicyclic) bond motifs is 6. The van der Waals surface area contributed by atoms with Crippen molar-refractivity contribution in [2.24, 2.45) is 46.3 Å². The van der Waals surface area contributed by atoms with Crippen molar-refractivity contribution in [3.63, 3.8) is 0 Å². The fourth-order valence-electron chi connectivity index (χ4n) is 9.98. The van der Waals surface area contributed by atoms with Gasteiger partial charge in [-0.15, -0.1) is 0 Å². The summed E-state index contributed by atoms with van der Waals surface area (Å²) >= 11 is 0. The third kappa shape index (κ3) is 3.86. The largest absolute Gasteiger partial charge is 0.366 e. The fourth-order valence-corrected chi connectivity index (χ4v) is 9.98. The SMILES string of the molecule is CC(C)CCCC(C)C1CCC2C3CCC4Nc5c(cnn5-c5ccccc5)CC4(C)C3CCC12C. The third-order valence-corrected chi connectivity index (χ3v) is 11.8. The molecule has 8 unspecified atom stereocenters. The summed E-state index contributed by atoms with van der Waals surface area (Å²) in [6, 6.07) is 11.2. The van der Waals surface area contributed by atoms with Gasteiger partial charge in [-0.2, -0.15) is 5.10 Å². The number of benzene rings is 1. The van der Waals surface area contributed by atoms with Crippen molar-refractivity contribution in [2.75, 3.05) is 5.32 Å². The summed E-state index contributed by atoms with van der Waals surface area (Å²) in [5.74, 6) is 6.65. The summed E-state index contributed by atoms with van der Waals surface area (Å²) in [6.45, 7) is 12.7. The van der Waals surface area contributed by atoms with E-state index >= 15 is 0 Å². The van der Waals surface area contributed by atoms with Gasteiger partial charge < -0.3 is 5.32 Å². The number of anilines is 1. The zero-order valence-electron chi connectivity index (χ0n) is 23.5. The Labute approximate surface area is 219 Å². The van der Waals surface area contributed by atoms with E-state index in [-0.39, 0.29) is 0 Å². The minimum atomic E-state index is 0.350. The van der Waals surface area contributed by atoms with Gasteiger partial charge in [0.2, 0.25) is 0 Å². The molecule has 0 spiro atoms. The molecule has 196 valence electrons. The smallest absolute Gasteiger partial charge is 0.133 e. The molecule has 8 atom stereocenters. The van der Waals surface area contributed by atoms with Gasteiger partial charge in [0.05, 0.1) is 11.9 Å². The molecule has 0 bridgehead atoms. The Morgan fingerprint density at radius 2 is 1.72 bits per heavy atom. The monoisotopic (exact) mass is 487 g/mol. The first-order chi connectivity index (χ1) is 17.3. The Kier molecular flexibility index (Phi) is 6.28. The van der Waals surface area contributed by atoms with Crippen LogP contribution < -0.4 is 5.32 Å². The molecular weight excluding hydrogens is 438 g/mol. The van der Waals surface area contributed by atoms with E-state index in [4.69, 9.17) is 5.10 Å². The molecule has 36 heavy (non-hydrogen) atoms. The molecule has 3 nitrogen and oxygen atoms in total. The molecule has 3 heteroatoms. The maximum Gasteiger partial charge on any atom is 0.133 e. The van der Waals surface area contributed by atoms with E-state index < -0.39 is 0 Å². The van der Waals surface area contributed by atoms with Crippen LogP contribution in [0.1, 0.15) is 98.0 Å². The summed E-state index contributed by atoms with van der Waals surface area (Å²) in [5, 5.41) is 8.89. The second-order valence-corrected chi connectivity index (χ2v) is 14.1. The molecule has 2 heterocycles. The highest BCUT2D eigenvalue weighted by molar-refractivity contribution is 5.54. The van der Waals surface area contributed by atoms with E-state index in [1.807, 2.05) is 0 Å². The van der Waals surface area contributed by atoms with Crippen LogP contribution in [-0.4, -0.2) is 15.8 Å². The van der Waals surface area contributed by atoms with Crippen LogP contribution >= 0.6 is 0 Å². The van der Waals surface area contributed by atoms with E-state index in [1.165, 1.54) is 75.6 Å². The van der Waals surface area contributed by atoms with Crippen molar-refractivity contribution in [3.05, 3.63) is 42.1 Å². The number of para-hydroxylation sites is 1. The fraction of sp³-hybridized carbons (Fsp3) is 0.727. The quantitative estimate of drug-likeness (QED) is 0.442. The number of aromatic nitrogens is 2. The van der Waals surface area contributed by atoms with Gasteiger partial charge in [0.25, 0.3) is 0 Å². The molecule has 2 aromatic rings. The summed E-state index contributed by atoms with van der Waals surface area (Å²) in [5.41, 5.74) is 3.52. The van der Waals surface area contributed by atoms with Gasteiger partial charge in [-0.3, -0.25) is 0 Å². The molecule has 1 aromatic carbocycles. The number of hydrogen-bond acceptors (Lipinski definition) is 2. The lowest BCUT2D eigenvalue weighted by atomic mass is 9.46. The predicted molar refractivity (Wildman–Crippen MR) is 150 cm³/mol. The number of hydrogen-bond donors (Lipinski definition) is 1. The minimum Gasteiger partial charge on any atom is -0.366 e. The highest BCUT2D eigenvalue weighted by Gasteiger charge is 2.60. The molecule has 6 rings (SSSR count). The molecular formula is C33H49N3. The molecule has 3 fully saturated rings. The van der Waals surface area contributed by atoms with Crippen LogP contribution in [0, 0.1) is 46.3 Å². The van der Waals surface area contributed by atoms with Gasteiger partial charge in [0.1, 0.15) is 5.82 Å². The first kappa shape index (κ1) is 24.6. The zero-order valence-corrected chi connectivity index (χ0v) is 23.5. The van der Waals surface area contributed by atoms with Crippen LogP contribution in [0.25, 0.3) is 5.69 Å². The topological polar surface area (TPSA) is 29.9 Å². The average molecular weight is 488 g/mol. The van der Waals surface area contributed by atoms with Crippen molar-refractivity contribution in [1.82, 2.24) is 9.78 Å². The van der Waals surface area contributed by atoms with Crippen molar-refractivity contribution in [1.29, 1.82) is 0 Å².